The van der Waals surface area contributed by atoms with E-state index >= 15 is 0 Å². The summed E-state index contributed by atoms with van der Waals surface area (Å²) >= 11 is 2.04. The second kappa shape index (κ2) is 6.09. The maximum Gasteiger partial charge on any atom is 0.254 e. The van der Waals surface area contributed by atoms with Gasteiger partial charge in [-0.3, -0.25) is 4.79 Å². The lowest BCUT2D eigenvalue weighted by Crippen LogP contribution is -2.49. The molecular formula is C14H19IN2O2. The number of aromatic hydroxyl groups is 1. The van der Waals surface area contributed by atoms with E-state index in [9.17, 15) is 9.90 Å². The lowest BCUT2D eigenvalue weighted by Gasteiger charge is -2.36. The monoisotopic (exact) mass is 374 g/mol. The Bertz CT molecular complexity index is 479. The molecule has 0 bridgehead atoms. The van der Waals surface area contributed by atoms with Crippen molar-refractivity contribution in [2.75, 3.05) is 13.1 Å². The van der Waals surface area contributed by atoms with Gasteiger partial charge in [-0.2, -0.15) is 0 Å². The SMILES string of the molecule is CCC1CN(C(=O)c2ccc(I)c(O)c2)CCC1N. The molecule has 1 aromatic rings. The first kappa shape index (κ1) is 14.6. The Hall–Kier alpha value is -0.820. The summed E-state index contributed by atoms with van der Waals surface area (Å²) in [5, 5.41) is 9.69. The van der Waals surface area contributed by atoms with Crippen LogP contribution in [0.3, 0.4) is 0 Å². The molecule has 1 heterocycles. The van der Waals surface area contributed by atoms with Gasteiger partial charge in [0.2, 0.25) is 0 Å². The Balaban J connectivity index is 2.13. The highest BCUT2D eigenvalue weighted by Gasteiger charge is 2.28. The van der Waals surface area contributed by atoms with E-state index in [4.69, 9.17) is 5.73 Å². The van der Waals surface area contributed by atoms with Crippen LogP contribution in [0, 0.1) is 9.49 Å². The molecule has 2 unspecified atom stereocenters. The fourth-order valence-electron chi connectivity index (χ4n) is 2.49. The molecule has 0 spiro atoms. The van der Waals surface area contributed by atoms with Crippen molar-refractivity contribution in [2.45, 2.75) is 25.8 Å². The number of halogens is 1. The zero-order valence-electron chi connectivity index (χ0n) is 11.0. The molecule has 104 valence electrons. The van der Waals surface area contributed by atoms with Crippen molar-refractivity contribution < 1.29 is 9.90 Å². The fraction of sp³-hybridized carbons (Fsp3) is 0.500. The first-order chi connectivity index (χ1) is 9.02. The summed E-state index contributed by atoms with van der Waals surface area (Å²) in [6.07, 6.45) is 1.84. The summed E-state index contributed by atoms with van der Waals surface area (Å²) in [7, 11) is 0. The number of nitrogens with zero attached hydrogens (tertiary/aromatic N) is 1. The molecule has 3 N–H and O–H groups in total. The number of carbonyl (C=O) groups excluding carboxylic acids is 1. The first-order valence-corrected chi connectivity index (χ1v) is 7.64. The highest BCUT2D eigenvalue weighted by Crippen LogP contribution is 2.24. The normalized spacial score (nSPS) is 23.4. The van der Waals surface area contributed by atoms with E-state index in [1.54, 1.807) is 18.2 Å². The van der Waals surface area contributed by atoms with Crippen molar-refractivity contribution in [3.63, 3.8) is 0 Å². The van der Waals surface area contributed by atoms with Gasteiger partial charge in [0.25, 0.3) is 5.91 Å². The van der Waals surface area contributed by atoms with Crippen molar-refractivity contribution in [1.82, 2.24) is 4.90 Å². The molecule has 1 aliphatic rings. The maximum absolute atomic E-state index is 12.4. The van der Waals surface area contributed by atoms with Gasteiger partial charge >= 0.3 is 0 Å². The summed E-state index contributed by atoms with van der Waals surface area (Å²) in [6, 6.07) is 5.26. The number of phenols is 1. The predicted molar refractivity (Wildman–Crippen MR) is 83.1 cm³/mol. The van der Waals surface area contributed by atoms with Gasteiger partial charge in [-0.1, -0.05) is 13.3 Å². The molecule has 1 fully saturated rings. The number of amides is 1. The Morgan fingerprint density at radius 3 is 2.95 bits per heavy atom. The number of rotatable bonds is 2. The average Bonchev–Trinajstić information content (AvgIpc) is 2.41. The summed E-state index contributed by atoms with van der Waals surface area (Å²) in [6.45, 7) is 3.52. The number of benzene rings is 1. The number of hydrogen-bond acceptors (Lipinski definition) is 3. The molecule has 2 atom stereocenters. The summed E-state index contributed by atoms with van der Waals surface area (Å²) < 4.78 is 0.751. The summed E-state index contributed by atoms with van der Waals surface area (Å²) in [5.74, 6) is 0.513. The Morgan fingerprint density at radius 1 is 1.58 bits per heavy atom. The molecule has 1 saturated heterocycles. The number of hydrogen-bond donors (Lipinski definition) is 2. The molecular weight excluding hydrogens is 355 g/mol. The Morgan fingerprint density at radius 2 is 2.32 bits per heavy atom. The molecule has 1 aromatic carbocycles. The molecule has 19 heavy (non-hydrogen) atoms. The van der Waals surface area contributed by atoms with Crippen LogP contribution in [0.15, 0.2) is 18.2 Å². The number of carbonyl (C=O) groups is 1. The average molecular weight is 374 g/mol. The number of likely N-dealkylation sites (tertiary alicyclic amines) is 1. The molecule has 1 amide bonds. The molecule has 0 aliphatic carbocycles. The highest BCUT2D eigenvalue weighted by atomic mass is 127. The minimum Gasteiger partial charge on any atom is -0.507 e. The molecule has 0 aromatic heterocycles. The third-order valence-corrected chi connectivity index (χ3v) is 4.71. The lowest BCUT2D eigenvalue weighted by molar-refractivity contribution is 0.0648. The van der Waals surface area contributed by atoms with Crippen LogP contribution in [0.1, 0.15) is 30.1 Å². The van der Waals surface area contributed by atoms with Crippen LogP contribution in [0.5, 0.6) is 5.75 Å². The van der Waals surface area contributed by atoms with Gasteiger partial charge < -0.3 is 15.7 Å². The molecule has 4 nitrogen and oxygen atoms in total. The van der Waals surface area contributed by atoms with Crippen molar-refractivity contribution >= 4 is 28.5 Å². The third kappa shape index (κ3) is 3.20. The highest BCUT2D eigenvalue weighted by molar-refractivity contribution is 14.1. The van der Waals surface area contributed by atoms with E-state index in [0.717, 1.165) is 16.4 Å². The van der Waals surface area contributed by atoms with Crippen LogP contribution in [0.4, 0.5) is 0 Å². The number of nitrogens with two attached hydrogens (primary N) is 1. The van der Waals surface area contributed by atoms with Gasteiger partial charge in [0, 0.05) is 24.7 Å². The topological polar surface area (TPSA) is 66.6 Å². The van der Waals surface area contributed by atoms with E-state index in [2.05, 4.69) is 6.92 Å². The fourth-order valence-corrected chi connectivity index (χ4v) is 2.83. The summed E-state index contributed by atoms with van der Waals surface area (Å²) in [5.41, 5.74) is 6.60. The van der Waals surface area contributed by atoms with Crippen molar-refractivity contribution in [2.24, 2.45) is 11.7 Å². The van der Waals surface area contributed by atoms with Gasteiger partial charge in [-0.15, -0.1) is 0 Å². The zero-order valence-corrected chi connectivity index (χ0v) is 13.1. The molecule has 2 rings (SSSR count). The maximum atomic E-state index is 12.4. The third-order valence-electron chi connectivity index (χ3n) is 3.80. The smallest absolute Gasteiger partial charge is 0.254 e. The van der Waals surface area contributed by atoms with Crippen molar-refractivity contribution in [1.29, 1.82) is 0 Å². The molecule has 5 heteroatoms. The van der Waals surface area contributed by atoms with Gasteiger partial charge in [-0.25, -0.2) is 0 Å². The van der Waals surface area contributed by atoms with Crippen LogP contribution < -0.4 is 5.73 Å². The van der Waals surface area contributed by atoms with E-state index < -0.39 is 0 Å². The second-order valence-corrected chi connectivity index (χ2v) is 6.20. The van der Waals surface area contributed by atoms with Crippen molar-refractivity contribution in [3.8, 4) is 5.75 Å². The Labute approximate surface area is 127 Å². The lowest BCUT2D eigenvalue weighted by atomic mass is 9.90. The van der Waals surface area contributed by atoms with Crippen molar-refractivity contribution in [3.05, 3.63) is 27.3 Å². The van der Waals surface area contributed by atoms with E-state index in [-0.39, 0.29) is 17.7 Å². The Kier molecular flexibility index (Phi) is 4.67. The van der Waals surface area contributed by atoms with Gasteiger partial charge in [-0.05, 0) is 53.1 Å². The number of phenolic OH excluding ortho intramolecular Hbond substituents is 1. The zero-order chi connectivity index (χ0) is 14.0. The quantitative estimate of drug-likeness (QED) is 0.780. The predicted octanol–water partition coefficient (Wildman–Crippen LogP) is 2.20. The first-order valence-electron chi connectivity index (χ1n) is 6.56. The summed E-state index contributed by atoms with van der Waals surface area (Å²) in [4.78, 5) is 14.2. The van der Waals surface area contributed by atoms with Crippen LogP contribution >= 0.6 is 22.6 Å². The van der Waals surface area contributed by atoms with Crippen LogP contribution in [-0.2, 0) is 0 Å². The standard InChI is InChI=1S/C14H19IN2O2/c1-2-9-8-17(6-5-12(9)16)14(19)10-3-4-11(15)13(18)7-10/h3-4,7,9,12,18H,2,5-6,8,16H2,1H3. The second-order valence-electron chi connectivity index (χ2n) is 5.04. The molecule has 0 radical (unpaired) electrons. The van der Waals surface area contributed by atoms with Crippen LogP contribution in [0.25, 0.3) is 0 Å². The van der Waals surface area contributed by atoms with E-state index in [1.165, 1.54) is 0 Å². The minimum absolute atomic E-state index is 0.0166. The van der Waals surface area contributed by atoms with Gasteiger partial charge in [0.15, 0.2) is 0 Å². The van der Waals surface area contributed by atoms with E-state index in [0.29, 0.717) is 24.6 Å². The minimum atomic E-state index is -0.0166. The molecule has 1 aliphatic heterocycles. The van der Waals surface area contributed by atoms with Crippen LogP contribution in [0.2, 0.25) is 0 Å². The van der Waals surface area contributed by atoms with E-state index in [1.807, 2.05) is 27.5 Å². The number of piperidine rings is 1. The van der Waals surface area contributed by atoms with Gasteiger partial charge in [0.1, 0.15) is 5.75 Å². The van der Waals surface area contributed by atoms with Crippen LogP contribution in [-0.4, -0.2) is 35.0 Å². The van der Waals surface area contributed by atoms with Gasteiger partial charge in [0.05, 0.1) is 3.57 Å². The largest absolute Gasteiger partial charge is 0.507 e. The molecule has 0 saturated carbocycles.